The first-order valence-corrected chi connectivity index (χ1v) is 10.9. The summed E-state index contributed by atoms with van der Waals surface area (Å²) >= 11 is 6.16. The van der Waals surface area contributed by atoms with Crippen molar-refractivity contribution in [2.45, 2.75) is 13.0 Å². The number of hydrogen-bond acceptors (Lipinski definition) is 5. The van der Waals surface area contributed by atoms with Crippen molar-refractivity contribution in [3.8, 4) is 11.5 Å². The van der Waals surface area contributed by atoms with Gasteiger partial charge in [0.15, 0.2) is 0 Å². The average molecular weight is 482 g/mol. The van der Waals surface area contributed by atoms with Crippen LogP contribution in [-0.4, -0.2) is 30.5 Å². The summed E-state index contributed by atoms with van der Waals surface area (Å²) in [5, 5.41) is 11.6. The minimum atomic E-state index is -1.00. The SMILES string of the molecule is CCOc1cc(/C(O)=C2\C(=O)C(=O)N(c3cccc(F)c3)C2c2ccc(OC)cc2)ccc1Cl. The lowest BCUT2D eigenvalue weighted by Gasteiger charge is -2.25. The van der Waals surface area contributed by atoms with Crippen molar-refractivity contribution < 1.29 is 28.6 Å². The Morgan fingerprint density at radius 1 is 1.09 bits per heavy atom. The van der Waals surface area contributed by atoms with Gasteiger partial charge in [-0.1, -0.05) is 29.8 Å². The number of ketones is 1. The molecule has 1 amide bonds. The number of hydrogen-bond donors (Lipinski definition) is 1. The smallest absolute Gasteiger partial charge is 0.300 e. The number of carbonyl (C=O) groups is 2. The van der Waals surface area contributed by atoms with Crippen molar-refractivity contribution >= 4 is 34.7 Å². The van der Waals surface area contributed by atoms with Crippen molar-refractivity contribution in [2.75, 3.05) is 18.6 Å². The predicted molar refractivity (Wildman–Crippen MR) is 127 cm³/mol. The molecule has 0 aliphatic carbocycles. The lowest BCUT2D eigenvalue weighted by Crippen LogP contribution is -2.29. The molecule has 1 saturated heterocycles. The summed E-state index contributed by atoms with van der Waals surface area (Å²) in [6, 6.07) is 15.7. The van der Waals surface area contributed by atoms with E-state index in [1.165, 1.54) is 48.4 Å². The molecule has 0 bridgehead atoms. The first-order valence-electron chi connectivity index (χ1n) is 10.5. The molecule has 6 nitrogen and oxygen atoms in total. The van der Waals surface area contributed by atoms with Crippen LogP contribution in [0.3, 0.4) is 0 Å². The molecule has 1 aliphatic rings. The zero-order valence-electron chi connectivity index (χ0n) is 18.4. The third kappa shape index (κ3) is 4.22. The molecule has 3 aromatic carbocycles. The predicted octanol–water partition coefficient (Wildman–Crippen LogP) is 5.51. The van der Waals surface area contributed by atoms with Gasteiger partial charge in [-0.3, -0.25) is 14.5 Å². The Labute approximate surface area is 200 Å². The van der Waals surface area contributed by atoms with Gasteiger partial charge in [-0.15, -0.1) is 0 Å². The average Bonchev–Trinajstić information content (AvgIpc) is 3.10. The quantitative estimate of drug-likeness (QED) is 0.285. The maximum absolute atomic E-state index is 14.0. The van der Waals surface area contributed by atoms with Gasteiger partial charge in [0.2, 0.25) is 0 Å². The Balaban J connectivity index is 1.93. The number of nitrogens with zero attached hydrogens (tertiary/aromatic N) is 1. The third-order valence-corrected chi connectivity index (χ3v) is 5.78. The Morgan fingerprint density at radius 2 is 1.82 bits per heavy atom. The Kier molecular flexibility index (Phi) is 6.56. The second-order valence-electron chi connectivity index (χ2n) is 7.50. The van der Waals surface area contributed by atoms with Crippen LogP contribution >= 0.6 is 11.6 Å². The van der Waals surface area contributed by atoms with Crippen LogP contribution in [0.2, 0.25) is 5.02 Å². The second kappa shape index (κ2) is 9.57. The summed E-state index contributed by atoms with van der Waals surface area (Å²) in [5.41, 5.74) is 0.839. The fraction of sp³-hybridized carbons (Fsp3) is 0.154. The molecule has 1 atom stereocenters. The zero-order valence-corrected chi connectivity index (χ0v) is 19.2. The molecule has 1 heterocycles. The fourth-order valence-electron chi connectivity index (χ4n) is 3.90. The number of anilines is 1. The Hall–Kier alpha value is -3.84. The van der Waals surface area contributed by atoms with E-state index < -0.39 is 29.3 Å². The molecule has 8 heteroatoms. The van der Waals surface area contributed by atoms with E-state index in [1.54, 1.807) is 31.2 Å². The lowest BCUT2D eigenvalue weighted by molar-refractivity contribution is -0.132. The van der Waals surface area contributed by atoms with Gasteiger partial charge in [0.1, 0.15) is 23.1 Å². The molecular weight excluding hydrogens is 461 g/mol. The Morgan fingerprint density at radius 3 is 2.47 bits per heavy atom. The first kappa shape index (κ1) is 23.3. The molecule has 34 heavy (non-hydrogen) atoms. The van der Waals surface area contributed by atoms with Gasteiger partial charge < -0.3 is 14.6 Å². The van der Waals surface area contributed by atoms with E-state index in [2.05, 4.69) is 0 Å². The molecule has 1 unspecified atom stereocenters. The van der Waals surface area contributed by atoms with Crippen molar-refractivity contribution in [3.63, 3.8) is 0 Å². The first-order chi connectivity index (χ1) is 16.3. The van der Waals surface area contributed by atoms with E-state index >= 15 is 0 Å². The topological polar surface area (TPSA) is 76.1 Å². The molecule has 0 saturated carbocycles. The van der Waals surface area contributed by atoms with Crippen LogP contribution in [0.15, 0.2) is 72.3 Å². The van der Waals surface area contributed by atoms with Gasteiger partial charge >= 0.3 is 0 Å². The summed E-state index contributed by atoms with van der Waals surface area (Å²) in [7, 11) is 1.52. The number of amides is 1. The maximum Gasteiger partial charge on any atom is 0.300 e. The largest absolute Gasteiger partial charge is 0.507 e. The number of ether oxygens (including phenoxy) is 2. The van der Waals surface area contributed by atoms with Crippen LogP contribution in [0.4, 0.5) is 10.1 Å². The minimum Gasteiger partial charge on any atom is -0.507 e. The number of aliphatic hydroxyl groups excluding tert-OH is 1. The number of methoxy groups -OCH3 is 1. The van der Waals surface area contributed by atoms with Crippen molar-refractivity contribution in [1.82, 2.24) is 0 Å². The highest BCUT2D eigenvalue weighted by Crippen LogP contribution is 2.43. The number of Topliss-reactive ketones (excluding diaryl/α,β-unsaturated/α-hetero) is 1. The molecule has 0 spiro atoms. The number of carbonyl (C=O) groups excluding carboxylic acids is 2. The molecule has 1 N–H and O–H groups in total. The maximum atomic E-state index is 14.0. The normalized spacial score (nSPS) is 17.2. The van der Waals surface area contributed by atoms with E-state index in [0.717, 1.165) is 6.07 Å². The van der Waals surface area contributed by atoms with Crippen molar-refractivity contribution in [1.29, 1.82) is 0 Å². The molecule has 1 aliphatic heterocycles. The van der Waals surface area contributed by atoms with E-state index in [9.17, 15) is 19.1 Å². The molecule has 0 aromatic heterocycles. The summed E-state index contributed by atoms with van der Waals surface area (Å²) in [4.78, 5) is 27.5. The van der Waals surface area contributed by atoms with Crippen LogP contribution in [0.1, 0.15) is 24.1 Å². The van der Waals surface area contributed by atoms with Gasteiger partial charge in [-0.2, -0.15) is 0 Å². The number of aliphatic hydroxyl groups is 1. The van der Waals surface area contributed by atoms with E-state index in [1.807, 2.05) is 0 Å². The zero-order chi connectivity index (χ0) is 24.4. The molecule has 3 aromatic rings. The summed E-state index contributed by atoms with van der Waals surface area (Å²) in [5.74, 6) is -1.83. The van der Waals surface area contributed by atoms with Gasteiger partial charge in [0.25, 0.3) is 11.7 Å². The molecule has 4 rings (SSSR count). The highest BCUT2D eigenvalue weighted by atomic mass is 35.5. The molecular formula is C26H21ClFNO5. The molecule has 1 fully saturated rings. The van der Waals surface area contributed by atoms with Gasteiger partial charge in [0.05, 0.1) is 30.4 Å². The highest BCUT2D eigenvalue weighted by molar-refractivity contribution is 6.51. The summed E-state index contributed by atoms with van der Waals surface area (Å²) in [6.07, 6.45) is 0. The Bertz CT molecular complexity index is 1290. The second-order valence-corrected chi connectivity index (χ2v) is 7.91. The number of halogens is 2. The van der Waals surface area contributed by atoms with Gasteiger partial charge in [0, 0.05) is 11.3 Å². The number of benzene rings is 3. The lowest BCUT2D eigenvalue weighted by atomic mass is 9.95. The highest BCUT2D eigenvalue weighted by Gasteiger charge is 2.47. The van der Waals surface area contributed by atoms with Gasteiger partial charge in [-0.25, -0.2) is 4.39 Å². The van der Waals surface area contributed by atoms with Crippen LogP contribution < -0.4 is 14.4 Å². The van der Waals surface area contributed by atoms with Crippen LogP contribution in [-0.2, 0) is 9.59 Å². The van der Waals surface area contributed by atoms with E-state index in [4.69, 9.17) is 21.1 Å². The standard InChI is InChI=1S/C26H21ClFNO5/c1-3-34-21-13-16(9-12-20(21)27)24(30)22-23(15-7-10-19(33-2)11-8-15)29(26(32)25(22)31)18-6-4-5-17(28)14-18/h4-14,23,30H,3H2,1-2H3/b24-22+. The fourth-order valence-corrected chi connectivity index (χ4v) is 4.07. The third-order valence-electron chi connectivity index (χ3n) is 5.47. The van der Waals surface area contributed by atoms with Crippen LogP contribution in [0.5, 0.6) is 11.5 Å². The molecule has 174 valence electrons. The van der Waals surface area contributed by atoms with Crippen molar-refractivity contribution in [2.24, 2.45) is 0 Å². The minimum absolute atomic E-state index is 0.135. The summed E-state index contributed by atoms with van der Waals surface area (Å²) in [6.45, 7) is 2.14. The van der Waals surface area contributed by atoms with E-state index in [0.29, 0.717) is 28.7 Å². The number of rotatable bonds is 6. The van der Waals surface area contributed by atoms with Gasteiger partial charge in [-0.05, 0) is 61.0 Å². The van der Waals surface area contributed by atoms with E-state index in [-0.39, 0.29) is 16.8 Å². The van der Waals surface area contributed by atoms with Crippen LogP contribution in [0, 0.1) is 5.82 Å². The molecule has 0 radical (unpaired) electrons. The summed E-state index contributed by atoms with van der Waals surface area (Å²) < 4.78 is 24.7. The van der Waals surface area contributed by atoms with Crippen LogP contribution in [0.25, 0.3) is 5.76 Å². The van der Waals surface area contributed by atoms with Crippen molar-refractivity contribution in [3.05, 3.63) is 94.3 Å². The monoisotopic (exact) mass is 481 g/mol.